The Labute approximate surface area is 138 Å². The Kier molecular flexibility index (Phi) is 4.19. The van der Waals surface area contributed by atoms with E-state index >= 15 is 0 Å². The largest absolute Gasteiger partial charge is 0.296 e. The van der Waals surface area contributed by atoms with Gasteiger partial charge in [0.1, 0.15) is 0 Å². The van der Waals surface area contributed by atoms with E-state index < -0.39 is 0 Å². The van der Waals surface area contributed by atoms with Crippen molar-refractivity contribution in [1.29, 1.82) is 0 Å². The quantitative estimate of drug-likeness (QED) is 0.868. The third kappa shape index (κ3) is 3.19. The van der Waals surface area contributed by atoms with E-state index in [4.69, 9.17) is 0 Å². The zero-order chi connectivity index (χ0) is 15.6. The summed E-state index contributed by atoms with van der Waals surface area (Å²) in [6, 6.07) is 12.3. The number of benzene rings is 1. The molecule has 4 nitrogen and oxygen atoms in total. The Morgan fingerprint density at radius 3 is 2.65 bits per heavy atom. The van der Waals surface area contributed by atoms with Gasteiger partial charge in [0, 0.05) is 44.1 Å². The molecular formula is C19H26N4. The maximum atomic E-state index is 4.27. The Hall–Kier alpha value is -1.65. The van der Waals surface area contributed by atoms with Gasteiger partial charge in [-0.2, -0.15) is 5.10 Å². The highest BCUT2D eigenvalue weighted by Crippen LogP contribution is 2.25. The molecule has 4 heteroatoms. The number of rotatable bonds is 4. The summed E-state index contributed by atoms with van der Waals surface area (Å²) in [6.07, 6.45) is 7.97. The first-order valence-corrected chi connectivity index (χ1v) is 8.86. The number of piperidine rings is 1. The summed E-state index contributed by atoms with van der Waals surface area (Å²) in [5.41, 5.74) is 2.52. The van der Waals surface area contributed by atoms with Gasteiger partial charge in [-0.15, -0.1) is 0 Å². The molecule has 0 amide bonds. The van der Waals surface area contributed by atoms with E-state index in [-0.39, 0.29) is 0 Å². The molecule has 0 radical (unpaired) electrons. The molecule has 122 valence electrons. The molecule has 0 spiro atoms. The molecule has 23 heavy (non-hydrogen) atoms. The molecule has 1 aromatic carbocycles. The van der Waals surface area contributed by atoms with Crippen LogP contribution >= 0.6 is 0 Å². The van der Waals surface area contributed by atoms with Crippen molar-refractivity contribution in [1.82, 2.24) is 19.6 Å². The lowest BCUT2D eigenvalue weighted by molar-refractivity contribution is -0.00620. The zero-order valence-corrected chi connectivity index (χ0v) is 13.9. The first-order chi connectivity index (χ1) is 11.3. The Balaban J connectivity index is 1.30. The minimum absolute atomic E-state index is 0.782. The molecule has 2 aliphatic heterocycles. The Bertz CT molecular complexity index is 613. The summed E-state index contributed by atoms with van der Waals surface area (Å²) in [5, 5.41) is 4.27. The van der Waals surface area contributed by atoms with Crippen LogP contribution in [0.2, 0.25) is 0 Å². The standard InChI is InChI=1S/C19H26N4/c1-16-5-2-3-11-22(16)19-14-21(15-19)13-17-6-8-18(9-7-17)23-12-4-10-20-23/h4,6-10,12,16,19H,2-3,5,11,13-15H2,1H3/t16-/m0/s1. The fourth-order valence-electron chi connectivity index (χ4n) is 3.98. The molecule has 0 N–H and O–H groups in total. The van der Waals surface area contributed by atoms with Gasteiger partial charge in [0.2, 0.25) is 0 Å². The number of hydrogen-bond donors (Lipinski definition) is 0. The van der Waals surface area contributed by atoms with E-state index in [1.165, 1.54) is 44.5 Å². The molecule has 0 unspecified atom stereocenters. The Morgan fingerprint density at radius 2 is 1.96 bits per heavy atom. The summed E-state index contributed by atoms with van der Waals surface area (Å²) < 4.78 is 1.90. The SMILES string of the molecule is C[C@H]1CCCCN1C1CN(Cc2ccc(-n3cccn3)cc2)C1. The number of hydrogen-bond acceptors (Lipinski definition) is 3. The Morgan fingerprint density at radius 1 is 1.13 bits per heavy atom. The van der Waals surface area contributed by atoms with Crippen LogP contribution in [0, 0.1) is 0 Å². The topological polar surface area (TPSA) is 24.3 Å². The molecule has 3 heterocycles. The van der Waals surface area contributed by atoms with Gasteiger partial charge in [0.05, 0.1) is 5.69 Å². The van der Waals surface area contributed by atoms with Crippen molar-refractivity contribution < 1.29 is 0 Å². The van der Waals surface area contributed by atoms with Gasteiger partial charge in [-0.05, 0) is 50.1 Å². The molecule has 1 atom stereocenters. The van der Waals surface area contributed by atoms with Crippen molar-refractivity contribution in [3.8, 4) is 5.69 Å². The summed E-state index contributed by atoms with van der Waals surface area (Å²) in [5.74, 6) is 0. The van der Waals surface area contributed by atoms with Gasteiger partial charge >= 0.3 is 0 Å². The van der Waals surface area contributed by atoms with Gasteiger partial charge in [0.15, 0.2) is 0 Å². The number of likely N-dealkylation sites (tertiary alicyclic amines) is 2. The molecule has 0 bridgehead atoms. The van der Waals surface area contributed by atoms with Gasteiger partial charge in [-0.1, -0.05) is 18.6 Å². The van der Waals surface area contributed by atoms with Crippen molar-refractivity contribution in [2.75, 3.05) is 19.6 Å². The summed E-state index contributed by atoms with van der Waals surface area (Å²) in [6.45, 7) is 7.22. The minimum atomic E-state index is 0.782. The molecule has 2 saturated heterocycles. The van der Waals surface area contributed by atoms with Crippen molar-refractivity contribution in [3.05, 3.63) is 48.3 Å². The van der Waals surface area contributed by atoms with Crippen LogP contribution in [-0.4, -0.2) is 51.3 Å². The lowest BCUT2D eigenvalue weighted by Crippen LogP contribution is -2.61. The maximum Gasteiger partial charge on any atom is 0.0645 e. The molecule has 2 fully saturated rings. The van der Waals surface area contributed by atoms with Gasteiger partial charge in [-0.25, -0.2) is 4.68 Å². The van der Waals surface area contributed by atoms with Gasteiger partial charge < -0.3 is 0 Å². The van der Waals surface area contributed by atoms with Crippen molar-refractivity contribution >= 4 is 0 Å². The van der Waals surface area contributed by atoms with E-state index in [0.717, 1.165) is 24.3 Å². The first kappa shape index (κ1) is 14.9. The highest BCUT2D eigenvalue weighted by molar-refractivity contribution is 5.33. The highest BCUT2D eigenvalue weighted by Gasteiger charge is 2.34. The highest BCUT2D eigenvalue weighted by atomic mass is 15.3. The van der Waals surface area contributed by atoms with Crippen LogP contribution in [-0.2, 0) is 6.54 Å². The fourth-order valence-corrected chi connectivity index (χ4v) is 3.98. The lowest BCUT2D eigenvalue weighted by Gasteiger charge is -2.49. The predicted octanol–water partition coefficient (Wildman–Crippen LogP) is 2.93. The smallest absolute Gasteiger partial charge is 0.0645 e. The van der Waals surface area contributed by atoms with Crippen LogP contribution in [0.1, 0.15) is 31.7 Å². The third-order valence-electron chi connectivity index (χ3n) is 5.37. The summed E-state index contributed by atoms with van der Waals surface area (Å²) >= 11 is 0. The second-order valence-corrected chi connectivity index (χ2v) is 7.05. The van der Waals surface area contributed by atoms with Crippen LogP contribution in [0.25, 0.3) is 5.69 Å². The first-order valence-electron chi connectivity index (χ1n) is 8.86. The van der Waals surface area contributed by atoms with Crippen molar-refractivity contribution in [3.63, 3.8) is 0 Å². The molecule has 0 aliphatic carbocycles. The van der Waals surface area contributed by atoms with E-state index in [1.54, 1.807) is 0 Å². The van der Waals surface area contributed by atoms with E-state index in [0.29, 0.717) is 0 Å². The molecule has 2 aromatic rings. The van der Waals surface area contributed by atoms with Crippen molar-refractivity contribution in [2.45, 2.75) is 44.8 Å². The van der Waals surface area contributed by atoms with E-state index in [1.807, 2.05) is 23.1 Å². The van der Waals surface area contributed by atoms with Gasteiger partial charge in [-0.3, -0.25) is 9.80 Å². The zero-order valence-electron chi connectivity index (χ0n) is 13.9. The molecule has 4 rings (SSSR count). The maximum absolute atomic E-state index is 4.27. The molecular weight excluding hydrogens is 284 g/mol. The third-order valence-corrected chi connectivity index (χ3v) is 5.37. The second kappa shape index (κ2) is 6.46. The average Bonchev–Trinajstić information content (AvgIpc) is 3.07. The molecule has 0 saturated carbocycles. The second-order valence-electron chi connectivity index (χ2n) is 7.05. The summed E-state index contributed by atoms with van der Waals surface area (Å²) in [7, 11) is 0. The lowest BCUT2D eigenvalue weighted by atomic mass is 9.97. The number of aromatic nitrogens is 2. The van der Waals surface area contributed by atoms with E-state index in [2.05, 4.69) is 46.1 Å². The van der Waals surface area contributed by atoms with Crippen LogP contribution in [0.4, 0.5) is 0 Å². The van der Waals surface area contributed by atoms with E-state index in [9.17, 15) is 0 Å². The van der Waals surface area contributed by atoms with Crippen molar-refractivity contribution in [2.24, 2.45) is 0 Å². The molecule has 2 aliphatic rings. The van der Waals surface area contributed by atoms with Gasteiger partial charge in [0.25, 0.3) is 0 Å². The number of nitrogens with zero attached hydrogens (tertiary/aromatic N) is 4. The minimum Gasteiger partial charge on any atom is -0.296 e. The normalized spacial score (nSPS) is 23.8. The van der Waals surface area contributed by atoms with Crippen LogP contribution in [0.3, 0.4) is 0 Å². The van der Waals surface area contributed by atoms with Crippen LogP contribution in [0.5, 0.6) is 0 Å². The van der Waals surface area contributed by atoms with Crippen LogP contribution < -0.4 is 0 Å². The van der Waals surface area contributed by atoms with Crippen LogP contribution in [0.15, 0.2) is 42.7 Å². The monoisotopic (exact) mass is 310 g/mol. The average molecular weight is 310 g/mol. The molecule has 1 aromatic heterocycles. The predicted molar refractivity (Wildman–Crippen MR) is 92.6 cm³/mol. The fraction of sp³-hybridized carbons (Fsp3) is 0.526. The summed E-state index contributed by atoms with van der Waals surface area (Å²) in [4.78, 5) is 5.30.